The second-order valence-electron chi connectivity index (χ2n) is 6.87. The summed E-state index contributed by atoms with van der Waals surface area (Å²) in [5.74, 6) is 0.214. The van der Waals surface area contributed by atoms with Crippen LogP contribution in [-0.2, 0) is 23.1 Å². The average molecular weight is 352 g/mol. The third kappa shape index (κ3) is 6.78. The van der Waals surface area contributed by atoms with E-state index in [0.29, 0.717) is 26.2 Å². The van der Waals surface area contributed by atoms with Gasteiger partial charge in [-0.25, -0.2) is 4.79 Å². The molecule has 1 aromatic heterocycles. The van der Waals surface area contributed by atoms with Crippen LogP contribution in [0.4, 0.5) is 4.79 Å². The molecule has 25 heavy (non-hydrogen) atoms. The first-order valence-electron chi connectivity index (χ1n) is 8.59. The van der Waals surface area contributed by atoms with Crippen molar-refractivity contribution in [3.05, 3.63) is 24.0 Å². The van der Waals surface area contributed by atoms with Crippen LogP contribution in [-0.4, -0.2) is 78.7 Å². The highest BCUT2D eigenvalue weighted by molar-refractivity contribution is 5.84. The van der Waals surface area contributed by atoms with Gasteiger partial charge in [-0.15, -0.1) is 0 Å². The van der Waals surface area contributed by atoms with E-state index in [0.717, 1.165) is 5.69 Å². The Morgan fingerprint density at radius 3 is 2.40 bits per heavy atom. The molecule has 7 heteroatoms. The largest absolute Gasteiger partial charge is 0.383 e. The molecule has 0 N–H and O–H groups in total. The summed E-state index contributed by atoms with van der Waals surface area (Å²) >= 11 is 0. The van der Waals surface area contributed by atoms with Crippen LogP contribution in [0.2, 0.25) is 0 Å². The zero-order chi connectivity index (χ0) is 19.0. The summed E-state index contributed by atoms with van der Waals surface area (Å²) in [5.41, 5.74) is 1.04. The molecule has 0 saturated heterocycles. The van der Waals surface area contributed by atoms with Gasteiger partial charge < -0.3 is 24.0 Å². The highest BCUT2D eigenvalue weighted by Gasteiger charge is 2.23. The van der Waals surface area contributed by atoms with Gasteiger partial charge in [0, 0.05) is 53.2 Å². The first-order chi connectivity index (χ1) is 11.8. The van der Waals surface area contributed by atoms with E-state index >= 15 is 0 Å². The SMILES string of the molecule is COCCN(Cc1cccn1C)C(=O)CN(CC(C)C)C(=O)N(C)C. The highest BCUT2D eigenvalue weighted by Crippen LogP contribution is 2.08. The first-order valence-corrected chi connectivity index (χ1v) is 8.59. The van der Waals surface area contributed by atoms with E-state index in [1.54, 1.807) is 31.0 Å². The maximum Gasteiger partial charge on any atom is 0.319 e. The Morgan fingerprint density at radius 1 is 1.24 bits per heavy atom. The maximum atomic E-state index is 12.9. The number of aryl methyl sites for hydroxylation is 1. The summed E-state index contributed by atoms with van der Waals surface area (Å²) in [4.78, 5) is 30.1. The lowest BCUT2D eigenvalue weighted by Crippen LogP contribution is -2.48. The molecule has 0 saturated carbocycles. The van der Waals surface area contributed by atoms with Gasteiger partial charge in [0.2, 0.25) is 5.91 Å². The number of hydrogen-bond acceptors (Lipinski definition) is 3. The van der Waals surface area contributed by atoms with Gasteiger partial charge >= 0.3 is 6.03 Å². The number of methoxy groups -OCH3 is 1. The van der Waals surface area contributed by atoms with Crippen molar-refractivity contribution in [1.82, 2.24) is 19.3 Å². The summed E-state index contributed by atoms with van der Waals surface area (Å²) in [6.07, 6.45) is 1.95. The normalized spacial score (nSPS) is 10.8. The monoisotopic (exact) mass is 352 g/mol. The minimum absolute atomic E-state index is 0.0727. The van der Waals surface area contributed by atoms with Gasteiger partial charge in [-0.2, -0.15) is 0 Å². The van der Waals surface area contributed by atoms with E-state index in [1.807, 2.05) is 43.8 Å². The Morgan fingerprint density at radius 2 is 1.92 bits per heavy atom. The van der Waals surface area contributed by atoms with E-state index in [9.17, 15) is 9.59 Å². The van der Waals surface area contributed by atoms with Crippen molar-refractivity contribution < 1.29 is 14.3 Å². The van der Waals surface area contributed by atoms with Gasteiger partial charge in [-0.05, 0) is 18.1 Å². The number of hydrogen-bond donors (Lipinski definition) is 0. The van der Waals surface area contributed by atoms with Gasteiger partial charge in [0.1, 0.15) is 6.54 Å². The molecule has 7 nitrogen and oxygen atoms in total. The van der Waals surface area contributed by atoms with Crippen molar-refractivity contribution in [3.8, 4) is 0 Å². The van der Waals surface area contributed by atoms with Crippen molar-refractivity contribution >= 4 is 11.9 Å². The molecule has 0 atom stereocenters. The number of ether oxygens (including phenoxy) is 1. The topological polar surface area (TPSA) is 58.0 Å². The van der Waals surface area contributed by atoms with Crippen LogP contribution in [0.3, 0.4) is 0 Å². The van der Waals surface area contributed by atoms with Gasteiger partial charge in [-0.3, -0.25) is 4.79 Å². The van der Waals surface area contributed by atoms with Crippen molar-refractivity contribution in [2.75, 3.05) is 47.4 Å². The van der Waals surface area contributed by atoms with E-state index in [4.69, 9.17) is 4.74 Å². The van der Waals surface area contributed by atoms with E-state index < -0.39 is 0 Å². The standard InChI is InChI=1S/C18H32N4O3/c1-15(2)12-22(18(24)19(3)4)14-17(23)21(10-11-25-6)13-16-8-7-9-20(16)5/h7-9,15H,10-14H2,1-6H3. The molecule has 3 amide bonds. The summed E-state index contributed by atoms with van der Waals surface area (Å²) < 4.78 is 7.13. The fraction of sp³-hybridized carbons (Fsp3) is 0.667. The highest BCUT2D eigenvalue weighted by atomic mass is 16.5. The zero-order valence-electron chi connectivity index (χ0n) is 16.4. The van der Waals surface area contributed by atoms with Crippen LogP contribution in [0, 0.1) is 5.92 Å². The molecule has 0 radical (unpaired) electrons. The lowest BCUT2D eigenvalue weighted by Gasteiger charge is -2.30. The lowest BCUT2D eigenvalue weighted by atomic mass is 10.2. The number of urea groups is 1. The van der Waals surface area contributed by atoms with Gasteiger partial charge in [-0.1, -0.05) is 13.8 Å². The van der Waals surface area contributed by atoms with Gasteiger partial charge in [0.15, 0.2) is 0 Å². The number of rotatable bonds is 9. The second kappa shape index (κ2) is 10.1. The molecule has 0 bridgehead atoms. The zero-order valence-corrected chi connectivity index (χ0v) is 16.4. The van der Waals surface area contributed by atoms with Crippen LogP contribution in [0.5, 0.6) is 0 Å². The van der Waals surface area contributed by atoms with Gasteiger partial charge in [0.25, 0.3) is 0 Å². The molecular formula is C18H32N4O3. The number of amides is 3. The van der Waals surface area contributed by atoms with Crippen molar-refractivity contribution in [1.29, 1.82) is 0 Å². The molecule has 0 aliphatic carbocycles. The van der Waals surface area contributed by atoms with E-state index in [-0.39, 0.29) is 24.4 Å². The summed E-state index contributed by atoms with van der Waals surface area (Å²) in [6, 6.07) is 3.80. The number of nitrogens with zero attached hydrogens (tertiary/aromatic N) is 4. The van der Waals surface area contributed by atoms with Crippen LogP contribution in [0.1, 0.15) is 19.5 Å². The Balaban J connectivity index is 2.86. The summed E-state index contributed by atoms with van der Waals surface area (Å²) in [7, 11) is 6.97. The second-order valence-corrected chi connectivity index (χ2v) is 6.87. The average Bonchev–Trinajstić information content (AvgIpc) is 2.94. The molecule has 1 heterocycles. The maximum absolute atomic E-state index is 12.9. The third-order valence-electron chi connectivity index (χ3n) is 3.89. The molecule has 142 valence electrons. The minimum Gasteiger partial charge on any atom is -0.383 e. The van der Waals surface area contributed by atoms with Crippen molar-refractivity contribution in [2.45, 2.75) is 20.4 Å². The molecule has 0 fully saturated rings. The predicted octanol–water partition coefficient (Wildman–Crippen LogP) is 1.64. The fourth-order valence-electron chi connectivity index (χ4n) is 2.55. The summed E-state index contributed by atoms with van der Waals surface area (Å²) in [5, 5.41) is 0. The Kier molecular flexibility index (Phi) is 8.48. The van der Waals surface area contributed by atoms with Crippen LogP contribution < -0.4 is 0 Å². The number of aromatic nitrogens is 1. The molecule has 1 aromatic rings. The first kappa shape index (κ1) is 21.0. The molecule has 0 spiro atoms. The van der Waals surface area contributed by atoms with E-state index in [1.165, 1.54) is 4.90 Å². The number of carbonyl (C=O) groups is 2. The van der Waals surface area contributed by atoms with Crippen LogP contribution in [0.15, 0.2) is 18.3 Å². The molecule has 0 aliphatic heterocycles. The molecule has 0 aliphatic rings. The fourth-order valence-corrected chi connectivity index (χ4v) is 2.55. The minimum atomic E-state index is -0.146. The Hall–Kier alpha value is -2.02. The number of carbonyl (C=O) groups excluding carboxylic acids is 2. The predicted molar refractivity (Wildman–Crippen MR) is 98.2 cm³/mol. The van der Waals surface area contributed by atoms with Gasteiger partial charge in [0.05, 0.1) is 13.2 Å². The quantitative estimate of drug-likeness (QED) is 0.679. The molecular weight excluding hydrogens is 320 g/mol. The van der Waals surface area contributed by atoms with Crippen LogP contribution >= 0.6 is 0 Å². The smallest absolute Gasteiger partial charge is 0.319 e. The van der Waals surface area contributed by atoms with Crippen LogP contribution in [0.25, 0.3) is 0 Å². The van der Waals surface area contributed by atoms with Crippen molar-refractivity contribution in [3.63, 3.8) is 0 Å². The van der Waals surface area contributed by atoms with Crippen molar-refractivity contribution in [2.24, 2.45) is 13.0 Å². The lowest BCUT2D eigenvalue weighted by molar-refractivity contribution is -0.133. The molecule has 0 unspecified atom stereocenters. The van der Waals surface area contributed by atoms with E-state index in [2.05, 4.69) is 0 Å². The Bertz CT molecular complexity index is 554. The Labute approximate surface area is 151 Å². The molecule has 0 aromatic carbocycles. The molecule has 1 rings (SSSR count). The summed E-state index contributed by atoms with van der Waals surface area (Å²) in [6.45, 7) is 6.14. The third-order valence-corrected chi connectivity index (χ3v) is 3.89.